The van der Waals surface area contributed by atoms with Crippen molar-refractivity contribution in [2.45, 2.75) is 30.9 Å². The molecule has 24 heavy (non-hydrogen) atoms. The number of benzene rings is 1. The maximum absolute atomic E-state index is 10.9. The fourth-order valence-electron chi connectivity index (χ4n) is 2.20. The minimum atomic E-state index is -0.400. The lowest BCUT2D eigenvalue weighted by atomic mass is 10.1. The maximum Gasteiger partial charge on any atom is 0.277 e. The van der Waals surface area contributed by atoms with E-state index in [9.17, 15) is 10.1 Å². The van der Waals surface area contributed by atoms with E-state index in [-0.39, 0.29) is 10.9 Å². The van der Waals surface area contributed by atoms with Gasteiger partial charge in [0.25, 0.3) is 10.9 Å². The Morgan fingerprint density at radius 1 is 1.42 bits per heavy atom. The van der Waals surface area contributed by atoms with Crippen molar-refractivity contribution in [3.63, 3.8) is 0 Å². The first kappa shape index (κ1) is 16.1. The Labute approximate surface area is 141 Å². The van der Waals surface area contributed by atoms with Gasteiger partial charge in [0.15, 0.2) is 0 Å². The fraction of sp³-hybridized carbons (Fsp3) is 0.286. The van der Waals surface area contributed by atoms with Crippen molar-refractivity contribution < 1.29 is 9.34 Å². The van der Waals surface area contributed by atoms with Gasteiger partial charge >= 0.3 is 0 Å². The second-order valence-electron chi connectivity index (χ2n) is 5.11. The molecule has 1 atom stereocenters. The van der Waals surface area contributed by atoms with Gasteiger partial charge in [-0.15, -0.1) is 10.2 Å². The molecule has 1 aromatic carbocycles. The van der Waals surface area contributed by atoms with E-state index in [0.717, 1.165) is 11.1 Å². The zero-order valence-electron chi connectivity index (χ0n) is 13.0. The zero-order valence-corrected chi connectivity index (χ0v) is 13.8. The van der Waals surface area contributed by atoms with Gasteiger partial charge in [0, 0.05) is 17.4 Å². The number of non-ortho nitro benzene ring substituents is 1. The van der Waals surface area contributed by atoms with E-state index in [1.807, 2.05) is 13.8 Å². The zero-order chi connectivity index (χ0) is 17.1. The van der Waals surface area contributed by atoms with Gasteiger partial charge in [0.1, 0.15) is 19.2 Å². The molecule has 0 fully saturated rings. The summed E-state index contributed by atoms with van der Waals surface area (Å²) >= 11 is 1.36. The van der Waals surface area contributed by atoms with Gasteiger partial charge in [0.2, 0.25) is 5.89 Å². The van der Waals surface area contributed by atoms with Crippen LogP contribution in [0.1, 0.15) is 29.2 Å². The molecule has 0 N–H and O–H groups in total. The minimum absolute atomic E-state index is 0.0652. The van der Waals surface area contributed by atoms with E-state index in [1.165, 1.54) is 24.2 Å². The molecule has 0 aliphatic rings. The number of aromatic nitrogens is 5. The number of hydrogen-bond donors (Lipinski definition) is 0. The van der Waals surface area contributed by atoms with Gasteiger partial charge in [-0.1, -0.05) is 17.8 Å². The van der Waals surface area contributed by atoms with Gasteiger partial charge < -0.3 is 4.42 Å². The van der Waals surface area contributed by atoms with E-state index < -0.39 is 4.92 Å². The Bertz CT molecular complexity index is 848. The largest absolute Gasteiger partial charge is 0.414 e. The topological polar surface area (TPSA) is 113 Å². The van der Waals surface area contributed by atoms with Crippen LogP contribution < -0.4 is 0 Å². The number of hydrogen-bond acceptors (Lipinski definition) is 8. The third-order valence-corrected chi connectivity index (χ3v) is 4.38. The molecule has 3 rings (SSSR count). The summed E-state index contributed by atoms with van der Waals surface area (Å²) in [6.45, 7) is 4.20. The Morgan fingerprint density at radius 2 is 2.25 bits per heavy atom. The molecule has 9 nitrogen and oxygen atoms in total. The van der Waals surface area contributed by atoms with Crippen molar-refractivity contribution in [2.24, 2.45) is 0 Å². The summed E-state index contributed by atoms with van der Waals surface area (Å²) in [5, 5.41) is 23.2. The first-order valence-electron chi connectivity index (χ1n) is 7.09. The summed E-state index contributed by atoms with van der Waals surface area (Å²) in [5.41, 5.74) is 1.91. The number of nitrogens with zero attached hydrogens (tertiary/aromatic N) is 6. The number of aryl methyl sites for hydroxylation is 1. The molecule has 0 aliphatic carbocycles. The molecule has 1 unspecified atom stereocenters. The van der Waals surface area contributed by atoms with Crippen molar-refractivity contribution in [1.82, 2.24) is 25.0 Å². The number of nitro benzene ring substituents is 1. The van der Waals surface area contributed by atoms with E-state index in [0.29, 0.717) is 17.7 Å². The maximum atomic E-state index is 10.9. The molecular weight excluding hydrogens is 332 g/mol. The summed E-state index contributed by atoms with van der Waals surface area (Å²) in [5.74, 6) is 0.422. The van der Waals surface area contributed by atoms with Crippen LogP contribution in [0.4, 0.5) is 5.69 Å². The highest BCUT2D eigenvalue weighted by Gasteiger charge is 2.18. The fourth-order valence-corrected chi connectivity index (χ4v) is 3.11. The van der Waals surface area contributed by atoms with Crippen molar-refractivity contribution in [3.05, 3.63) is 58.0 Å². The van der Waals surface area contributed by atoms with Gasteiger partial charge in [-0.3, -0.25) is 10.1 Å². The Morgan fingerprint density at radius 3 is 2.96 bits per heavy atom. The van der Waals surface area contributed by atoms with Crippen LogP contribution >= 0.6 is 11.8 Å². The first-order valence-corrected chi connectivity index (χ1v) is 7.97. The molecule has 10 heteroatoms. The smallest absolute Gasteiger partial charge is 0.277 e. The molecule has 3 aromatic rings. The van der Waals surface area contributed by atoms with Crippen LogP contribution in [0.25, 0.3) is 0 Å². The van der Waals surface area contributed by atoms with E-state index in [2.05, 4.69) is 20.3 Å². The average Bonchev–Trinajstić information content (AvgIpc) is 3.20. The first-order chi connectivity index (χ1) is 11.5. The number of nitro groups is 1. The third-order valence-electron chi connectivity index (χ3n) is 3.40. The van der Waals surface area contributed by atoms with Crippen molar-refractivity contribution in [3.8, 4) is 0 Å². The SMILES string of the molecule is Cc1ccc([N+](=O)[O-])cc1C(C)Sc1nnc(Cn2cncn2)o1. The van der Waals surface area contributed by atoms with Gasteiger partial charge in [-0.25, -0.2) is 9.67 Å². The highest BCUT2D eigenvalue weighted by atomic mass is 32.2. The predicted molar refractivity (Wildman–Crippen MR) is 85.5 cm³/mol. The lowest BCUT2D eigenvalue weighted by molar-refractivity contribution is -0.384. The number of thioether (sulfide) groups is 1. The molecule has 0 bridgehead atoms. The summed E-state index contributed by atoms with van der Waals surface area (Å²) in [4.78, 5) is 14.4. The molecule has 0 amide bonds. The van der Waals surface area contributed by atoms with E-state index >= 15 is 0 Å². The molecule has 124 valence electrons. The van der Waals surface area contributed by atoms with Crippen molar-refractivity contribution in [2.75, 3.05) is 0 Å². The standard InChI is InChI=1S/C14H14N6O3S/c1-9-3-4-11(20(21)22)5-12(9)10(2)24-14-18-17-13(23-14)6-19-8-15-7-16-19/h3-5,7-8,10H,6H2,1-2H3. The second-order valence-corrected chi connectivity index (χ2v) is 6.40. The van der Waals surface area contributed by atoms with Crippen molar-refractivity contribution in [1.29, 1.82) is 0 Å². The Hall–Kier alpha value is -2.75. The molecule has 2 aromatic heterocycles. The molecule has 0 saturated carbocycles. The van der Waals surface area contributed by atoms with E-state index in [4.69, 9.17) is 4.42 Å². The molecular formula is C14H14N6O3S. The monoisotopic (exact) mass is 346 g/mol. The summed E-state index contributed by atoms with van der Waals surface area (Å²) in [6.07, 6.45) is 2.99. The van der Waals surface area contributed by atoms with Crippen molar-refractivity contribution >= 4 is 17.4 Å². The quantitative estimate of drug-likeness (QED) is 0.380. The van der Waals surface area contributed by atoms with Gasteiger partial charge in [0.05, 0.1) is 4.92 Å². The Kier molecular flexibility index (Phi) is 4.56. The van der Waals surface area contributed by atoms with Crippen LogP contribution in [0, 0.1) is 17.0 Å². The lowest BCUT2D eigenvalue weighted by Gasteiger charge is -2.11. The van der Waals surface area contributed by atoms with Gasteiger partial charge in [-0.2, -0.15) is 5.10 Å². The molecule has 2 heterocycles. The third kappa shape index (κ3) is 3.59. The average molecular weight is 346 g/mol. The van der Waals surface area contributed by atoms with Crippen LogP contribution in [0.15, 0.2) is 40.5 Å². The predicted octanol–water partition coefficient (Wildman–Crippen LogP) is 2.78. The van der Waals surface area contributed by atoms with Crippen LogP contribution in [0.2, 0.25) is 0 Å². The summed E-state index contributed by atoms with van der Waals surface area (Å²) < 4.78 is 7.16. The summed E-state index contributed by atoms with van der Waals surface area (Å²) in [7, 11) is 0. The summed E-state index contributed by atoms with van der Waals surface area (Å²) in [6, 6.07) is 4.83. The highest BCUT2D eigenvalue weighted by molar-refractivity contribution is 7.99. The van der Waals surface area contributed by atoms with Crippen LogP contribution in [-0.4, -0.2) is 29.9 Å². The van der Waals surface area contributed by atoms with Crippen LogP contribution in [-0.2, 0) is 6.54 Å². The van der Waals surface area contributed by atoms with Crippen LogP contribution in [0.5, 0.6) is 0 Å². The van der Waals surface area contributed by atoms with Gasteiger partial charge in [-0.05, 0) is 25.0 Å². The minimum Gasteiger partial charge on any atom is -0.414 e. The number of rotatable bonds is 6. The molecule has 0 spiro atoms. The van der Waals surface area contributed by atoms with Crippen LogP contribution in [0.3, 0.4) is 0 Å². The van der Waals surface area contributed by atoms with E-state index in [1.54, 1.807) is 23.1 Å². The molecule has 0 radical (unpaired) electrons. The lowest BCUT2D eigenvalue weighted by Crippen LogP contribution is -1.99. The molecule has 0 aliphatic heterocycles. The highest BCUT2D eigenvalue weighted by Crippen LogP contribution is 2.36. The normalized spacial score (nSPS) is 12.2. The second kappa shape index (κ2) is 6.79. The molecule has 0 saturated heterocycles. The Balaban J connectivity index is 1.73.